The van der Waals surface area contributed by atoms with Gasteiger partial charge >= 0.3 is 0 Å². The van der Waals surface area contributed by atoms with Crippen molar-refractivity contribution >= 4 is 22.7 Å². The van der Waals surface area contributed by atoms with E-state index in [9.17, 15) is 4.79 Å². The molecule has 3 nitrogen and oxygen atoms in total. The van der Waals surface area contributed by atoms with Crippen molar-refractivity contribution in [3.05, 3.63) is 41.8 Å². The first-order valence-electron chi connectivity index (χ1n) is 4.41. The van der Waals surface area contributed by atoms with Crippen LogP contribution in [0, 0.1) is 0 Å². The summed E-state index contributed by atoms with van der Waals surface area (Å²) in [5.41, 5.74) is 0. The molecule has 0 aliphatic carbocycles. The number of ether oxygens (including phenoxy) is 1. The fourth-order valence-corrected chi connectivity index (χ4v) is 1.82. The van der Waals surface area contributed by atoms with E-state index in [1.165, 1.54) is 11.3 Å². The summed E-state index contributed by atoms with van der Waals surface area (Å²) in [6.07, 6.45) is 0.643. The zero-order valence-electron chi connectivity index (χ0n) is 7.84. The first-order chi connectivity index (χ1) is 7.40. The highest BCUT2D eigenvalue weighted by molar-refractivity contribution is 7.14. The Bertz CT molecular complexity index is 439. The summed E-state index contributed by atoms with van der Waals surface area (Å²) in [5, 5.41) is 5.17. The van der Waals surface area contributed by atoms with E-state index in [1.54, 1.807) is 0 Å². The highest BCUT2D eigenvalue weighted by Crippen LogP contribution is 2.33. The lowest BCUT2D eigenvalue weighted by Crippen LogP contribution is -1.92. The SMILES string of the molecule is O=CNc1sccc1Oc1ccccc1. The fraction of sp³-hybridized carbons (Fsp3) is 0. The highest BCUT2D eigenvalue weighted by atomic mass is 32.1. The molecule has 2 rings (SSSR count). The van der Waals surface area contributed by atoms with Crippen LogP contribution in [0.2, 0.25) is 0 Å². The van der Waals surface area contributed by atoms with E-state index in [0.29, 0.717) is 17.2 Å². The molecule has 2 aromatic rings. The second-order valence-electron chi connectivity index (χ2n) is 2.79. The molecule has 76 valence electrons. The van der Waals surface area contributed by atoms with Crippen molar-refractivity contribution in [3.63, 3.8) is 0 Å². The summed E-state index contributed by atoms with van der Waals surface area (Å²) in [4.78, 5) is 10.3. The quantitative estimate of drug-likeness (QED) is 0.802. The maximum Gasteiger partial charge on any atom is 0.212 e. The standard InChI is InChI=1S/C11H9NO2S/c13-8-12-11-10(6-7-15-11)14-9-4-2-1-3-5-9/h1-8H,(H,12,13). The molecule has 0 fully saturated rings. The first-order valence-corrected chi connectivity index (χ1v) is 5.28. The molecule has 0 aliphatic rings. The van der Waals surface area contributed by atoms with E-state index in [2.05, 4.69) is 5.32 Å². The molecule has 0 radical (unpaired) electrons. The molecule has 0 saturated carbocycles. The number of hydrogen-bond acceptors (Lipinski definition) is 3. The van der Waals surface area contributed by atoms with Crippen LogP contribution in [0.3, 0.4) is 0 Å². The Kier molecular flexibility index (Phi) is 2.99. The second kappa shape index (κ2) is 4.61. The van der Waals surface area contributed by atoms with Crippen LogP contribution in [0.15, 0.2) is 41.8 Å². The zero-order chi connectivity index (χ0) is 10.5. The third-order valence-electron chi connectivity index (χ3n) is 1.79. The average Bonchev–Trinajstić information content (AvgIpc) is 2.68. The van der Waals surface area contributed by atoms with Gasteiger partial charge in [0.25, 0.3) is 0 Å². The Morgan fingerprint density at radius 3 is 2.73 bits per heavy atom. The summed E-state index contributed by atoms with van der Waals surface area (Å²) >= 11 is 1.43. The summed E-state index contributed by atoms with van der Waals surface area (Å²) in [6, 6.07) is 11.3. The number of carbonyl (C=O) groups is 1. The largest absolute Gasteiger partial charge is 0.454 e. The van der Waals surface area contributed by atoms with Crippen LogP contribution < -0.4 is 10.1 Å². The van der Waals surface area contributed by atoms with Gasteiger partial charge in [-0.25, -0.2) is 0 Å². The molecule has 1 aromatic carbocycles. The van der Waals surface area contributed by atoms with Gasteiger partial charge in [0.1, 0.15) is 10.8 Å². The molecule has 15 heavy (non-hydrogen) atoms. The van der Waals surface area contributed by atoms with E-state index < -0.39 is 0 Å². The van der Waals surface area contributed by atoms with Crippen molar-refractivity contribution in [3.8, 4) is 11.5 Å². The number of amides is 1. The Balaban J connectivity index is 2.17. The van der Waals surface area contributed by atoms with Gasteiger partial charge in [0.05, 0.1) is 0 Å². The fourth-order valence-electron chi connectivity index (χ4n) is 1.15. The molecular formula is C11H9NO2S. The second-order valence-corrected chi connectivity index (χ2v) is 3.71. The van der Waals surface area contributed by atoms with Crippen molar-refractivity contribution in [1.82, 2.24) is 0 Å². The van der Waals surface area contributed by atoms with Crippen LogP contribution in [0.5, 0.6) is 11.5 Å². The van der Waals surface area contributed by atoms with Crippen molar-refractivity contribution in [2.24, 2.45) is 0 Å². The predicted molar refractivity (Wildman–Crippen MR) is 60.5 cm³/mol. The van der Waals surface area contributed by atoms with Gasteiger partial charge in [0.15, 0.2) is 5.75 Å². The molecule has 1 aromatic heterocycles. The minimum atomic E-state index is 0.643. The van der Waals surface area contributed by atoms with Crippen LogP contribution >= 0.6 is 11.3 Å². The van der Waals surface area contributed by atoms with Crippen LogP contribution in [-0.2, 0) is 4.79 Å². The number of hydrogen-bond donors (Lipinski definition) is 1. The van der Waals surface area contributed by atoms with E-state index in [4.69, 9.17) is 4.74 Å². The molecule has 1 heterocycles. The average molecular weight is 219 g/mol. The minimum absolute atomic E-state index is 0.643. The lowest BCUT2D eigenvalue weighted by atomic mass is 10.3. The summed E-state index contributed by atoms with van der Waals surface area (Å²) in [7, 11) is 0. The van der Waals surface area contributed by atoms with E-state index >= 15 is 0 Å². The van der Waals surface area contributed by atoms with Gasteiger partial charge in [-0.2, -0.15) is 0 Å². The van der Waals surface area contributed by atoms with Crippen LogP contribution in [-0.4, -0.2) is 6.41 Å². The maximum absolute atomic E-state index is 10.3. The van der Waals surface area contributed by atoms with E-state index in [1.807, 2.05) is 41.8 Å². The van der Waals surface area contributed by atoms with Gasteiger partial charge in [0.2, 0.25) is 6.41 Å². The van der Waals surface area contributed by atoms with Gasteiger partial charge < -0.3 is 10.1 Å². The van der Waals surface area contributed by atoms with Crippen molar-refractivity contribution in [1.29, 1.82) is 0 Å². The van der Waals surface area contributed by atoms with Crippen molar-refractivity contribution < 1.29 is 9.53 Å². The predicted octanol–water partition coefficient (Wildman–Crippen LogP) is 3.11. The molecule has 4 heteroatoms. The van der Waals surface area contributed by atoms with Crippen molar-refractivity contribution in [2.75, 3.05) is 5.32 Å². The highest BCUT2D eigenvalue weighted by Gasteiger charge is 2.05. The Morgan fingerprint density at radius 1 is 1.20 bits per heavy atom. The number of para-hydroxylation sites is 1. The number of benzene rings is 1. The maximum atomic E-state index is 10.3. The van der Waals surface area contributed by atoms with E-state index in [-0.39, 0.29) is 0 Å². The summed E-state index contributed by atoms with van der Waals surface area (Å²) in [5.74, 6) is 1.42. The van der Waals surface area contributed by atoms with Crippen molar-refractivity contribution in [2.45, 2.75) is 0 Å². The van der Waals surface area contributed by atoms with Gasteiger partial charge in [-0.3, -0.25) is 4.79 Å². The first kappa shape index (κ1) is 9.73. The summed E-state index contributed by atoms with van der Waals surface area (Å²) < 4.78 is 5.59. The number of nitrogens with one attached hydrogen (secondary N) is 1. The van der Waals surface area contributed by atoms with Gasteiger partial charge in [0, 0.05) is 0 Å². The smallest absolute Gasteiger partial charge is 0.212 e. The molecule has 0 atom stereocenters. The Hall–Kier alpha value is -1.81. The topological polar surface area (TPSA) is 38.3 Å². The van der Waals surface area contributed by atoms with Crippen LogP contribution in [0.4, 0.5) is 5.00 Å². The lowest BCUT2D eigenvalue weighted by Gasteiger charge is -2.04. The normalized spacial score (nSPS) is 9.60. The van der Waals surface area contributed by atoms with Crippen LogP contribution in [0.1, 0.15) is 0 Å². The molecule has 0 bridgehead atoms. The molecule has 1 amide bonds. The third-order valence-corrected chi connectivity index (χ3v) is 2.62. The zero-order valence-corrected chi connectivity index (χ0v) is 8.66. The molecular weight excluding hydrogens is 210 g/mol. The van der Waals surface area contributed by atoms with E-state index in [0.717, 1.165) is 5.75 Å². The number of carbonyl (C=O) groups excluding carboxylic acids is 1. The number of anilines is 1. The third kappa shape index (κ3) is 2.35. The Labute approximate surface area is 91.3 Å². The Morgan fingerprint density at radius 2 is 2.00 bits per heavy atom. The molecule has 0 saturated heterocycles. The summed E-state index contributed by atoms with van der Waals surface area (Å²) in [6.45, 7) is 0. The number of rotatable bonds is 4. The van der Waals surface area contributed by atoms with Crippen LogP contribution in [0.25, 0.3) is 0 Å². The van der Waals surface area contributed by atoms with Gasteiger partial charge in [-0.05, 0) is 23.6 Å². The molecule has 0 unspecified atom stereocenters. The van der Waals surface area contributed by atoms with Gasteiger partial charge in [-0.1, -0.05) is 18.2 Å². The molecule has 0 spiro atoms. The monoisotopic (exact) mass is 219 g/mol. The lowest BCUT2D eigenvalue weighted by molar-refractivity contribution is -0.105. The molecule has 1 N–H and O–H groups in total. The minimum Gasteiger partial charge on any atom is -0.454 e. The molecule has 0 aliphatic heterocycles. The van der Waals surface area contributed by atoms with Gasteiger partial charge in [-0.15, -0.1) is 11.3 Å². The number of thiophene rings is 1.